The van der Waals surface area contributed by atoms with Gasteiger partial charge in [0.2, 0.25) is 0 Å². The van der Waals surface area contributed by atoms with E-state index >= 15 is 0 Å². The SMILES string of the molecule is CNCC1COC(C2CC(c3cc(C(=O)NCc4ccc(F)c(OC)c4)nc(C)n3)=NO2)CO1. The minimum atomic E-state index is -0.463. The van der Waals surface area contributed by atoms with Gasteiger partial charge in [-0.05, 0) is 37.7 Å². The molecule has 3 heterocycles. The Bertz CT molecular complexity index is 1060. The van der Waals surface area contributed by atoms with Gasteiger partial charge in [-0.2, -0.15) is 0 Å². The molecule has 2 aliphatic heterocycles. The minimum absolute atomic E-state index is 0.0182. The zero-order valence-electron chi connectivity index (χ0n) is 19.3. The summed E-state index contributed by atoms with van der Waals surface area (Å²) >= 11 is 0. The second-order valence-electron chi connectivity index (χ2n) is 8.11. The number of benzene rings is 1. The van der Waals surface area contributed by atoms with E-state index in [1.807, 2.05) is 7.05 Å². The van der Waals surface area contributed by atoms with Gasteiger partial charge in [0.15, 0.2) is 17.7 Å². The van der Waals surface area contributed by atoms with Crippen molar-refractivity contribution in [2.75, 3.05) is 33.9 Å². The van der Waals surface area contributed by atoms with Gasteiger partial charge in [-0.15, -0.1) is 0 Å². The number of methoxy groups -OCH3 is 1. The number of halogens is 1. The first kappa shape index (κ1) is 24.0. The number of carbonyl (C=O) groups excluding carboxylic acids is 1. The van der Waals surface area contributed by atoms with E-state index < -0.39 is 5.82 Å². The molecule has 0 aliphatic carbocycles. The highest BCUT2D eigenvalue weighted by Gasteiger charge is 2.35. The van der Waals surface area contributed by atoms with Crippen LogP contribution in [0.5, 0.6) is 5.75 Å². The maximum Gasteiger partial charge on any atom is 0.270 e. The normalized spacial score (nSPS) is 22.1. The third kappa shape index (κ3) is 5.66. The van der Waals surface area contributed by atoms with Crippen LogP contribution in [0.4, 0.5) is 4.39 Å². The van der Waals surface area contributed by atoms with Crippen molar-refractivity contribution in [3.05, 3.63) is 52.9 Å². The van der Waals surface area contributed by atoms with E-state index in [9.17, 15) is 9.18 Å². The molecule has 3 unspecified atom stereocenters. The molecule has 0 bridgehead atoms. The lowest BCUT2D eigenvalue weighted by Gasteiger charge is -2.31. The van der Waals surface area contributed by atoms with Crippen molar-refractivity contribution in [3.8, 4) is 5.75 Å². The Kier molecular flexibility index (Phi) is 7.66. The number of nitrogens with zero attached hydrogens (tertiary/aromatic N) is 3. The second kappa shape index (κ2) is 10.9. The summed E-state index contributed by atoms with van der Waals surface area (Å²) in [6.45, 7) is 3.52. The fourth-order valence-electron chi connectivity index (χ4n) is 3.78. The van der Waals surface area contributed by atoms with Crippen LogP contribution in [0.15, 0.2) is 29.4 Å². The van der Waals surface area contributed by atoms with Crippen LogP contribution in [-0.2, 0) is 20.9 Å². The summed E-state index contributed by atoms with van der Waals surface area (Å²) in [5, 5.41) is 10.0. The van der Waals surface area contributed by atoms with E-state index in [2.05, 4.69) is 25.8 Å². The second-order valence-corrected chi connectivity index (χ2v) is 8.11. The van der Waals surface area contributed by atoms with Gasteiger partial charge in [0.25, 0.3) is 5.91 Å². The lowest BCUT2D eigenvalue weighted by molar-refractivity contribution is -0.169. The Morgan fingerprint density at radius 1 is 1.21 bits per heavy atom. The van der Waals surface area contributed by atoms with E-state index in [1.165, 1.54) is 19.2 Å². The molecule has 182 valence electrons. The lowest BCUT2D eigenvalue weighted by atomic mass is 10.0. The van der Waals surface area contributed by atoms with Crippen LogP contribution in [0.1, 0.15) is 34.0 Å². The number of hydrogen-bond donors (Lipinski definition) is 2. The first-order valence-electron chi connectivity index (χ1n) is 11.0. The van der Waals surface area contributed by atoms with E-state index in [-0.39, 0.29) is 42.2 Å². The number of aromatic nitrogens is 2. The summed E-state index contributed by atoms with van der Waals surface area (Å²) in [6, 6.07) is 6.00. The van der Waals surface area contributed by atoms with Crippen LogP contribution < -0.4 is 15.4 Å². The Labute approximate surface area is 196 Å². The van der Waals surface area contributed by atoms with Crippen molar-refractivity contribution in [1.82, 2.24) is 20.6 Å². The number of oxime groups is 1. The number of ether oxygens (including phenoxy) is 3. The first-order valence-corrected chi connectivity index (χ1v) is 11.0. The zero-order chi connectivity index (χ0) is 24.1. The number of carbonyl (C=O) groups is 1. The van der Waals surface area contributed by atoms with Crippen molar-refractivity contribution in [2.45, 2.75) is 38.2 Å². The molecular formula is C23H28FN5O5. The summed E-state index contributed by atoms with van der Waals surface area (Å²) in [7, 11) is 3.26. The average Bonchev–Trinajstić information content (AvgIpc) is 3.34. The van der Waals surface area contributed by atoms with Crippen LogP contribution in [0.3, 0.4) is 0 Å². The number of likely N-dealkylation sites (N-methyl/N-ethyl adjacent to an activating group) is 1. The van der Waals surface area contributed by atoms with Crippen molar-refractivity contribution in [3.63, 3.8) is 0 Å². The highest BCUT2D eigenvalue weighted by Crippen LogP contribution is 2.23. The largest absolute Gasteiger partial charge is 0.494 e. The summed E-state index contributed by atoms with van der Waals surface area (Å²) < 4.78 is 30.3. The number of hydrogen-bond acceptors (Lipinski definition) is 9. The molecule has 1 aromatic heterocycles. The first-order chi connectivity index (χ1) is 16.5. The molecule has 2 aliphatic rings. The molecule has 11 heteroatoms. The average molecular weight is 474 g/mol. The highest BCUT2D eigenvalue weighted by molar-refractivity contribution is 6.02. The molecule has 2 aromatic rings. The monoisotopic (exact) mass is 473 g/mol. The number of aryl methyl sites for hydroxylation is 1. The van der Waals surface area contributed by atoms with E-state index in [0.29, 0.717) is 42.4 Å². The van der Waals surface area contributed by atoms with Crippen LogP contribution in [0.25, 0.3) is 0 Å². The van der Waals surface area contributed by atoms with Crippen LogP contribution >= 0.6 is 0 Å². The van der Waals surface area contributed by atoms with E-state index in [1.54, 1.807) is 19.1 Å². The van der Waals surface area contributed by atoms with Gasteiger partial charge < -0.3 is 29.7 Å². The fourth-order valence-corrected chi connectivity index (χ4v) is 3.78. The molecule has 1 fully saturated rings. The Hall–Kier alpha value is -3.15. The maximum atomic E-state index is 13.6. The Balaban J connectivity index is 1.37. The molecule has 34 heavy (non-hydrogen) atoms. The molecule has 1 aromatic carbocycles. The number of amides is 1. The zero-order valence-corrected chi connectivity index (χ0v) is 19.3. The molecule has 3 atom stereocenters. The number of nitrogens with one attached hydrogen (secondary N) is 2. The summed E-state index contributed by atoms with van der Waals surface area (Å²) in [4.78, 5) is 27.0. The van der Waals surface area contributed by atoms with Crippen LogP contribution in [0, 0.1) is 12.7 Å². The molecule has 0 radical (unpaired) electrons. The lowest BCUT2D eigenvalue weighted by Crippen LogP contribution is -2.45. The third-order valence-corrected chi connectivity index (χ3v) is 5.57. The van der Waals surface area contributed by atoms with Crippen molar-refractivity contribution >= 4 is 11.6 Å². The van der Waals surface area contributed by atoms with Crippen molar-refractivity contribution in [2.24, 2.45) is 5.16 Å². The Morgan fingerprint density at radius 3 is 2.79 bits per heavy atom. The van der Waals surface area contributed by atoms with E-state index in [4.69, 9.17) is 19.0 Å². The van der Waals surface area contributed by atoms with E-state index in [0.717, 1.165) is 6.54 Å². The summed E-state index contributed by atoms with van der Waals surface area (Å²) in [5.74, 6) is -0.296. The van der Waals surface area contributed by atoms with Crippen LogP contribution in [-0.4, -0.2) is 73.8 Å². The quantitative estimate of drug-likeness (QED) is 0.591. The van der Waals surface area contributed by atoms with Gasteiger partial charge in [-0.25, -0.2) is 14.4 Å². The maximum absolute atomic E-state index is 13.6. The molecule has 0 saturated carbocycles. The molecule has 0 spiro atoms. The Morgan fingerprint density at radius 2 is 2.06 bits per heavy atom. The standard InChI is InChI=1S/C23H28FN5O5/c1-13-27-17(18-8-21(34-29-18)22-12-32-15(10-25-2)11-33-22)7-19(28-13)23(30)26-9-14-4-5-16(24)20(6-14)31-3/h4-7,15,21-22,25H,8-12H2,1-3H3,(H,26,30). The van der Waals surface area contributed by atoms with Gasteiger partial charge in [-0.3, -0.25) is 4.79 Å². The highest BCUT2D eigenvalue weighted by atomic mass is 19.1. The van der Waals surface area contributed by atoms with Crippen molar-refractivity contribution < 1.29 is 28.2 Å². The van der Waals surface area contributed by atoms with Gasteiger partial charge >= 0.3 is 0 Å². The van der Waals surface area contributed by atoms with Gasteiger partial charge in [0.05, 0.1) is 32.1 Å². The predicted molar refractivity (Wildman–Crippen MR) is 120 cm³/mol. The fraction of sp³-hybridized carbons (Fsp3) is 0.478. The van der Waals surface area contributed by atoms with Gasteiger partial charge in [0.1, 0.15) is 23.3 Å². The predicted octanol–water partition coefficient (Wildman–Crippen LogP) is 1.36. The molecular weight excluding hydrogens is 445 g/mol. The summed E-state index contributed by atoms with van der Waals surface area (Å²) in [6.07, 6.45) is -0.0126. The molecule has 1 saturated heterocycles. The minimum Gasteiger partial charge on any atom is -0.494 e. The van der Waals surface area contributed by atoms with Gasteiger partial charge in [0, 0.05) is 19.5 Å². The van der Waals surface area contributed by atoms with Crippen LogP contribution in [0.2, 0.25) is 0 Å². The van der Waals surface area contributed by atoms with Crippen molar-refractivity contribution in [1.29, 1.82) is 0 Å². The molecule has 4 rings (SSSR count). The third-order valence-electron chi connectivity index (χ3n) is 5.57. The smallest absolute Gasteiger partial charge is 0.270 e. The topological polar surface area (TPSA) is 116 Å². The van der Waals surface area contributed by atoms with Gasteiger partial charge in [-0.1, -0.05) is 11.2 Å². The molecule has 2 N–H and O–H groups in total. The molecule has 1 amide bonds. The number of rotatable bonds is 8. The summed E-state index contributed by atoms with van der Waals surface area (Å²) in [5.41, 5.74) is 2.04. The molecule has 10 nitrogen and oxygen atoms in total.